The minimum absolute atomic E-state index is 0.00446. The van der Waals surface area contributed by atoms with E-state index in [-0.39, 0.29) is 42.8 Å². The van der Waals surface area contributed by atoms with Gasteiger partial charge in [0.2, 0.25) is 5.91 Å². The average Bonchev–Trinajstić information content (AvgIpc) is 3.40. The molecule has 2 aromatic carbocycles. The van der Waals surface area contributed by atoms with Crippen LogP contribution in [0.15, 0.2) is 54.6 Å². The van der Waals surface area contributed by atoms with E-state index in [9.17, 15) is 24.3 Å². The number of nitrogens with one attached hydrogen (secondary N) is 3. The minimum atomic E-state index is -1.59. The highest BCUT2D eigenvalue weighted by molar-refractivity contribution is 6.02. The summed E-state index contributed by atoms with van der Waals surface area (Å²) < 4.78 is 11.4. The number of H-pyrrole nitrogens is 1. The summed E-state index contributed by atoms with van der Waals surface area (Å²) in [5, 5.41) is 17.8. The van der Waals surface area contributed by atoms with Crippen molar-refractivity contribution < 1.29 is 33.8 Å². The number of aromatic amines is 1. The molecule has 2 aliphatic carbocycles. The molecule has 4 unspecified atom stereocenters. The standard InChI is InChI=1S/C36H43N5O7/c1-47-29-12-6-11-26-25(29)17-27(38-26)35(45)41-18-22-9-5-10-24(22)31(41)33(43)39-28(32(42)34(44)37-23-13-14-23)19-40-16-15-30(36(40)46)48-20-21-7-3-2-4-8-21/h2-4,6-8,11-12,17,22-24,28,30-32,38,42H,5,9-10,13-16,18-20H2,1H3,(H,37,44)(H,39,43)/t22?,24?,28-,30-,31?,32?/m0/s1. The molecular weight excluding hydrogens is 614 g/mol. The van der Waals surface area contributed by atoms with Crippen LogP contribution in [0.2, 0.25) is 0 Å². The summed E-state index contributed by atoms with van der Waals surface area (Å²) >= 11 is 0. The molecule has 4 aliphatic rings. The van der Waals surface area contributed by atoms with Crippen molar-refractivity contribution in [2.24, 2.45) is 11.8 Å². The molecule has 4 amide bonds. The molecule has 6 atom stereocenters. The third kappa shape index (κ3) is 6.51. The number of methoxy groups -OCH3 is 1. The van der Waals surface area contributed by atoms with Crippen molar-refractivity contribution in [3.63, 3.8) is 0 Å². The lowest BCUT2D eigenvalue weighted by atomic mass is 9.93. The summed E-state index contributed by atoms with van der Waals surface area (Å²) in [5.41, 5.74) is 2.06. The molecule has 254 valence electrons. The number of ether oxygens (including phenoxy) is 2. The normalized spacial score (nSPS) is 24.8. The second-order valence-corrected chi connectivity index (χ2v) is 13.6. The summed E-state index contributed by atoms with van der Waals surface area (Å²) in [6, 6.07) is 15.0. The molecule has 2 aliphatic heterocycles. The van der Waals surface area contributed by atoms with Crippen LogP contribution < -0.4 is 15.4 Å². The molecule has 12 nitrogen and oxygen atoms in total. The first kappa shape index (κ1) is 32.1. The van der Waals surface area contributed by atoms with Crippen LogP contribution in [0.5, 0.6) is 5.75 Å². The number of aliphatic hydroxyl groups excluding tert-OH is 1. The van der Waals surface area contributed by atoms with E-state index in [4.69, 9.17) is 9.47 Å². The number of likely N-dealkylation sites (tertiary alicyclic amines) is 2. The zero-order valence-electron chi connectivity index (χ0n) is 27.1. The van der Waals surface area contributed by atoms with Gasteiger partial charge in [0.05, 0.1) is 19.8 Å². The molecule has 1 aromatic heterocycles. The molecule has 4 fully saturated rings. The van der Waals surface area contributed by atoms with Crippen LogP contribution in [0.4, 0.5) is 0 Å². The van der Waals surface area contributed by atoms with Crippen LogP contribution in [-0.4, -0.2) is 101 Å². The summed E-state index contributed by atoms with van der Waals surface area (Å²) in [6.07, 6.45) is 2.57. The molecule has 0 radical (unpaired) electrons. The lowest BCUT2D eigenvalue weighted by Crippen LogP contribution is -2.59. The number of aromatic nitrogens is 1. The smallest absolute Gasteiger partial charge is 0.271 e. The molecule has 7 rings (SSSR count). The average molecular weight is 658 g/mol. The Balaban J connectivity index is 1.09. The third-order valence-electron chi connectivity index (χ3n) is 10.4. The van der Waals surface area contributed by atoms with E-state index in [0.29, 0.717) is 31.0 Å². The Morgan fingerprint density at radius 3 is 2.62 bits per heavy atom. The molecule has 48 heavy (non-hydrogen) atoms. The maximum absolute atomic E-state index is 14.3. The van der Waals surface area contributed by atoms with Crippen LogP contribution in [0.3, 0.4) is 0 Å². The van der Waals surface area contributed by atoms with E-state index in [2.05, 4.69) is 15.6 Å². The van der Waals surface area contributed by atoms with E-state index in [0.717, 1.165) is 48.6 Å². The second kappa shape index (κ2) is 13.6. The fraction of sp³-hybridized carbons (Fsp3) is 0.500. The van der Waals surface area contributed by atoms with Crippen LogP contribution in [0.1, 0.15) is 54.6 Å². The Bertz CT molecular complexity index is 1670. The minimum Gasteiger partial charge on any atom is -0.496 e. The largest absolute Gasteiger partial charge is 0.496 e. The van der Waals surface area contributed by atoms with Gasteiger partial charge < -0.3 is 40.0 Å². The maximum Gasteiger partial charge on any atom is 0.271 e. The number of hydrogen-bond acceptors (Lipinski definition) is 7. The van der Waals surface area contributed by atoms with Gasteiger partial charge in [-0.1, -0.05) is 42.8 Å². The third-order valence-corrected chi connectivity index (χ3v) is 10.4. The van der Waals surface area contributed by atoms with Crippen molar-refractivity contribution in [1.82, 2.24) is 25.4 Å². The topological polar surface area (TPSA) is 153 Å². The Hall–Kier alpha value is -4.42. The van der Waals surface area contributed by atoms with Gasteiger partial charge in [-0.05, 0) is 61.3 Å². The number of hydrogen-bond donors (Lipinski definition) is 4. The van der Waals surface area contributed by atoms with E-state index in [1.165, 1.54) is 0 Å². The summed E-state index contributed by atoms with van der Waals surface area (Å²) in [4.78, 5) is 61.1. The quantitative estimate of drug-likeness (QED) is 0.233. The molecule has 0 spiro atoms. The predicted molar refractivity (Wildman–Crippen MR) is 176 cm³/mol. The fourth-order valence-electron chi connectivity index (χ4n) is 7.67. The first-order chi connectivity index (χ1) is 23.3. The highest BCUT2D eigenvalue weighted by Gasteiger charge is 2.50. The SMILES string of the molecule is COc1cccc2[nH]c(C(=O)N3CC4CCCC4C3C(=O)N[C@@H](CN3CC[C@H](OCc4ccccc4)C3=O)C(O)C(=O)NC3CC3)cc12. The monoisotopic (exact) mass is 657 g/mol. The van der Waals surface area contributed by atoms with Gasteiger partial charge in [-0.25, -0.2) is 0 Å². The molecular formula is C36H43N5O7. The molecule has 3 aromatic rings. The van der Waals surface area contributed by atoms with Gasteiger partial charge in [0.25, 0.3) is 17.7 Å². The van der Waals surface area contributed by atoms with Crippen LogP contribution in [-0.2, 0) is 25.7 Å². The zero-order chi connectivity index (χ0) is 33.4. The molecule has 2 saturated carbocycles. The number of rotatable bonds is 12. The molecule has 2 saturated heterocycles. The van der Waals surface area contributed by atoms with Crippen LogP contribution in [0, 0.1) is 11.8 Å². The van der Waals surface area contributed by atoms with Gasteiger partial charge in [0.15, 0.2) is 6.10 Å². The number of aliphatic hydroxyl groups is 1. The Labute approximate surface area is 279 Å². The highest BCUT2D eigenvalue weighted by Crippen LogP contribution is 2.43. The van der Waals surface area contributed by atoms with Crippen molar-refractivity contribution >= 4 is 34.5 Å². The van der Waals surface area contributed by atoms with Gasteiger partial charge in [-0.3, -0.25) is 19.2 Å². The second-order valence-electron chi connectivity index (χ2n) is 13.6. The van der Waals surface area contributed by atoms with Crippen LogP contribution in [0.25, 0.3) is 10.9 Å². The molecule has 4 N–H and O–H groups in total. The molecule has 3 heterocycles. The Morgan fingerprint density at radius 1 is 1.04 bits per heavy atom. The van der Waals surface area contributed by atoms with E-state index in [1.54, 1.807) is 23.0 Å². The molecule has 12 heteroatoms. The zero-order valence-corrected chi connectivity index (χ0v) is 27.1. The van der Waals surface area contributed by atoms with Crippen molar-refractivity contribution in [2.75, 3.05) is 26.7 Å². The number of nitrogens with zero attached hydrogens (tertiary/aromatic N) is 2. The van der Waals surface area contributed by atoms with Crippen molar-refractivity contribution in [1.29, 1.82) is 0 Å². The summed E-state index contributed by atoms with van der Waals surface area (Å²) in [7, 11) is 1.58. The lowest BCUT2D eigenvalue weighted by molar-refractivity contribution is -0.141. The molecule has 0 bridgehead atoms. The first-order valence-corrected chi connectivity index (χ1v) is 17.0. The van der Waals surface area contributed by atoms with Gasteiger partial charge in [0.1, 0.15) is 23.6 Å². The Kier molecular flexibility index (Phi) is 9.11. The number of fused-ring (bicyclic) bond motifs is 2. The van der Waals surface area contributed by atoms with E-state index in [1.807, 2.05) is 48.5 Å². The summed E-state index contributed by atoms with van der Waals surface area (Å²) in [6.45, 7) is 1.03. The number of carbonyl (C=O) groups excluding carboxylic acids is 4. The van der Waals surface area contributed by atoms with Crippen LogP contribution >= 0.6 is 0 Å². The van der Waals surface area contributed by atoms with E-state index >= 15 is 0 Å². The van der Waals surface area contributed by atoms with Crippen molar-refractivity contribution in [2.45, 2.75) is 75.5 Å². The maximum atomic E-state index is 14.3. The van der Waals surface area contributed by atoms with Gasteiger partial charge in [0, 0.05) is 43.0 Å². The van der Waals surface area contributed by atoms with Gasteiger partial charge in [-0.2, -0.15) is 0 Å². The number of carbonyl (C=O) groups is 4. The van der Waals surface area contributed by atoms with Gasteiger partial charge in [-0.15, -0.1) is 0 Å². The lowest BCUT2D eigenvalue weighted by Gasteiger charge is -2.32. The van der Waals surface area contributed by atoms with Gasteiger partial charge >= 0.3 is 0 Å². The van der Waals surface area contributed by atoms with Crippen molar-refractivity contribution in [3.8, 4) is 5.75 Å². The predicted octanol–water partition coefficient (Wildman–Crippen LogP) is 2.36. The number of amides is 4. The van der Waals surface area contributed by atoms with E-state index < -0.39 is 36.1 Å². The summed E-state index contributed by atoms with van der Waals surface area (Å²) in [5.74, 6) is -0.791. The Morgan fingerprint density at radius 2 is 1.85 bits per heavy atom. The highest BCUT2D eigenvalue weighted by atomic mass is 16.5. The number of benzene rings is 2. The van der Waals surface area contributed by atoms with Crippen molar-refractivity contribution in [3.05, 3.63) is 65.9 Å². The first-order valence-electron chi connectivity index (χ1n) is 17.0. The fourth-order valence-corrected chi connectivity index (χ4v) is 7.67.